The molecule has 0 saturated carbocycles. The molecule has 0 radical (unpaired) electrons. The van der Waals surface area contributed by atoms with Gasteiger partial charge < -0.3 is 14.0 Å². The first-order chi connectivity index (χ1) is 38.0. The molecule has 9 heteroatoms. The maximum absolute atomic E-state index is 14.5. The van der Waals surface area contributed by atoms with Crippen LogP contribution in [-0.2, 0) is 45.8 Å². The third-order valence-corrected chi connectivity index (χ3v) is 16.0. The molecule has 8 aromatic rings. The highest BCUT2D eigenvalue weighted by Gasteiger charge is 2.32. The minimum atomic E-state index is -0.907. The largest absolute Gasteiger partial charge is 0.457 e. The smallest absolute Gasteiger partial charge is 0.412 e. The van der Waals surface area contributed by atoms with Crippen LogP contribution < -0.4 is 9.88 Å². The molecule has 4 unspecified atom stereocenters. The van der Waals surface area contributed by atoms with Crippen LogP contribution in [0.5, 0.6) is 0 Å². The van der Waals surface area contributed by atoms with Crippen molar-refractivity contribution in [2.24, 2.45) is 7.05 Å². The van der Waals surface area contributed by atoms with Gasteiger partial charge in [0.25, 0.3) is 0 Å². The fourth-order valence-electron chi connectivity index (χ4n) is 10.8. The molecule has 4 atom stereocenters. The normalized spacial score (nSPS) is 13.5. The van der Waals surface area contributed by atoms with E-state index >= 15 is 0 Å². The number of alkyl halides is 1. The van der Waals surface area contributed by atoms with Crippen LogP contribution in [0.3, 0.4) is 0 Å². The molecule has 7 aromatic carbocycles. The average molecular weight is 1080 g/mol. The van der Waals surface area contributed by atoms with Gasteiger partial charge in [-0.1, -0.05) is 170 Å². The first-order valence-corrected chi connectivity index (χ1v) is 28.7. The molecule has 79 heavy (non-hydrogen) atoms. The van der Waals surface area contributed by atoms with Gasteiger partial charge in [-0.25, -0.2) is 13.9 Å². The number of nitrogens with zero attached hydrogens (tertiary/aromatic N) is 3. The third kappa shape index (κ3) is 16.4. The number of hydrogen-bond donors (Lipinski definition) is 1. The SMILES string of the molecule is CCC(CC(CC(OC(=O)Cc1cccc(NC(=O)OC(C)(CCCCC[N+](C)(C)C)c2ccc(-c3cccc(-c4ccc(C)cc4)c3)cc2)c1C)c1ccc(Cn2cc[n+](C)c2)cc1)c1ccccc1)c1ccc(CCl)cc1. The van der Waals surface area contributed by atoms with E-state index in [1.54, 1.807) is 0 Å². The molecule has 1 amide bonds. The number of benzene rings is 7. The van der Waals surface area contributed by atoms with E-state index < -0.39 is 17.8 Å². The maximum atomic E-state index is 14.5. The van der Waals surface area contributed by atoms with Crippen molar-refractivity contribution in [3.8, 4) is 22.3 Å². The number of halogens is 1. The minimum absolute atomic E-state index is 0.0292. The number of rotatable bonds is 25. The van der Waals surface area contributed by atoms with Crippen molar-refractivity contribution in [2.45, 2.75) is 115 Å². The van der Waals surface area contributed by atoms with Crippen molar-refractivity contribution < 1.29 is 28.1 Å². The van der Waals surface area contributed by atoms with Gasteiger partial charge in [0.15, 0.2) is 0 Å². The zero-order valence-electron chi connectivity index (χ0n) is 47.8. The van der Waals surface area contributed by atoms with Crippen LogP contribution in [0.4, 0.5) is 10.5 Å². The number of nitrogens with one attached hydrogen (secondary N) is 1. The van der Waals surface area contributed by atoms with Gasteiger partial charge in [-0.3, -0.25) is 10.1 Å². The predicted octanol–water partition coefficient (Wildman–Crippen LogP) is 16.4. The van der Waals surface area contributed by atoms with Crippen LogP contribution in [0.2, 0.25) is 0 Å². The standard InChI is InChI=1S/C70H80ClN4O4/c1-9-55(57-32-26-53(48-71)27-33-57)44-64(56-18-12-10-13-19-56)46-67(60-34-28-54(29-35-60)49-74-42-41-73(5)50-74)78-68(76)47-61-20-17-23-66(52(61)3)72-69(77)79-70(4,40-14-11-15-43-75(6,7)8)65-38-36-59(37-39-65)63-22-16-21-62(45-63)58-30-24-51(2)25-31-58/h10,12-13,16-39,41-42,45,50,55,64,67H,9,11,14-15,40,43-44,46-49H2,1-8H3/q+1/p+1. The van der Waals surface area contributed by atoms with Crippen LogP contribution >= 0.6 is 11.6 Å². The second-order valence-corrected chi connectivity index (χ2v) is 23.2. The summed E-state index contributed by atoms with van der Waals surface area (Å²) in [6.45, 7) is 10.1. The number of amides is 1. The number of hydrogen-bond acceptors (Lipinski definition) is 4. The number of carbonyl (C=O) groups is 2. The number of imidazole rings is 1. The number of esters is 1. The minimum Gasteiger partial charge on any atom is -0.457 e. The Morgan fingerprint density at radius 2 is 1.32 bits per heavy atom. The molecule has 1 N–H and O–H groups in total. The summed E-state index contributed by atoms with van der Waals surface area (Å²) in [7, 11) is 8.67. The number of ether oxygens (including phenoxy) is 2. The number of anilines is 1. The predicted molar refractivity (Wildman–Crippen MR) is 323 cm³/mol. The molecule has 0 spiro atoms. The van der Waals surface area contributed by atoms with Crippen molar-refractivity contribution >= 4 is 29.4 Å². The van der Waals surface area contributed by atoms with Gasteiger partial charge in [-0.15, -0.1) is 11.6 Å². The molecule has 0 saturated heterocycles. The average Bonchev–Trinajstić information content (AvgIpc) is 3.89. The molecule has 410 valence electrons. The fraction of sp³-hybridized carbons (Fsp3) is 0.329. The van der Waals surface area contributed by atoms with Gasteiger partial charge in [0, 0.05) is 11.6 Å². The van der Waals surface area contributed by atoms with E-state index in [1.165, 1.54) is 22.3 Å². The molecular weight excluding hydrogens is 996 g/mol. The number of carbonyl (C=O) groups excluding carboxylic acids is 2. The Bertz CT molecular complexity index is 3220. The van der Waals surface area contributed by atoms with Crippen LogP contribution in [0.15, 0.2) is 189 Å². The zero-order chi connectivity index (χ0) is 55.9. The number of aromatic nitrogens is 2. The highest BCUT2D eigenvalue weighted by atomic mass is 35.5. The number of quaternary nitrogens is 1. The Morgan fingerprint density at radius 3 is 1.95 bits per heavy atom. The quantitative estimate of drug-likeness (QED) is 0.0203. The second-order valence-electron chi connectivity index (χ2n) is 22.9. The number of aryl methyl sites for hydroxylation is 2. The van der Waals surface area contributed by atoms with E-state index in [1.807, 2.05) is 49.9 Å². The summed E-state index contributed by atoms with van der Waals surface area (Å²) < 4.78 is 18.3. The summed E-state index contributed by atoms with van der Waals surface area (Å²) in [5.41, 5.74) is 13.6. The van der Waals surface area contributed by atoms with E-state index in [-0.39, 0.29) is 24.2 Å². The molecule has 1 aromatic heterocycles. The van der Waals surface area contributed by atoms with Gasteiger partial charge in [0.05, 0.1) is 41.2 Å². The van der Waals surface area contributed by atoms with Gasteiger partial charge in [0.1, 0.15) is 30.6 Å². The Hall–Kier alpha value is -7.26. The molecule has 0 aliphatic carbocycles. The van der Waals surface area contributed by atoms with Crippen molar-refractivity contribution in [3.05, 3.63) is 239 Å². The summed E-state index contributed by atoms with van der Waals surface area (Å²) in [6.07, 6.45) is 11.2. The van der Waals surface area contributed by atoms with Gasteiger partial charge in [-0.05, 0) is 156 Å². The monoisotopic (exact) mass is 1080 g/mol. The fourth-order valence-corrected chi connectivity index (χ4v) is 11.0. The lowest BCUT2D eigenvalue weighted by atomic mass is 9.80. The van der Waals surface area contributed by atoms with E-state index in [4.69, 9.17) is 21.1 Å². The van der Waals surface area contributed by atoms with Gasteiger partial charge in [-0.2, -0.15) is 0 Å². The van der Waals surface area contributed by atoms with Gasteiger partial charge >= 0.3 is 12.1 Å². The zero-order valence-corrected chi connectivity index (χ0v) is 48.5. The highest BCUT2D eigenvalue weighted by Crippen LogP contribution is 2.40. The molecular formula is C70H81ClN4O4+2. The molecule has 8 rings (SSSR count). The summed E-state index contributed by atoms with van der Waals surface area (Å²) >= 11 is 6.19. The van der Waals surface area contributed by atoms with E-state index in [0.29, 0.717) is 24.4 Å². The molecule has 0 aliphatic heterocycles. The molecule has 0 fully saturated rings. The summed E-state index contributed by atoms with van der Waals surface area (Å²) in [6, 6.07) is 59.2. The third-order valence-electron chi connectivity index (χ3n) is 15.6. The van der Waals surface area contributed by atoms with Crippen molar-refractivity contribution in [3.63, 3.8) is 0 Å². The lowest BCUT2D eigenvalue weighted by Gasteiger charge is -2.31. The lowest BCUT2D eigenvalue weighted by molar-refractivity contribution is -0.870. The topological polar surface area (TPSA) is 73.4 Å². The molecule has 1 heterocycles. The van der Waals surface area contributed by atoms with Crippen LogP contribution in [0, 0.1) is 13.8 Å². The Balaban J connectivity index is 1.00. The highest BCUT2D eigenvalue weighted by molar-refractivity contribution is 6.17. The first-order valence-electron chi connectivity index (χ1n) is 28.2. The van der Waals surface area contributed by atoms with Crippen molar-refractivity contribution in [2.75, 3.05) is 33.0 Å². The van der Waals surface area contributed by atoms with E-state index in [9.17, 15) is 9.59 Å². The van der Waals surface area contributed by atoms with Crippen LogP contribution in [0.1, 0.15) is 127 Å². The molecule has 0 aliphatic rings. The molecule has 0 bridgehead atoms. The first kappa shape index (κ1) is 57.9. The van der Waals surface area contributed by atoms with E-state index in [2.05, 4.69) is 209 Å². The Morgan fingerprint density at radius 1 is 0.684 bits per heavy atom. The summed E-state index contributed by atoms with van der Waals surface area (Å²) in [5, 5.41) is 3.09. The Labute approximate surface area is 475 Å². The maximum Gasteiger partial charge on any atom is 0.412 e. The summed E-state index contributed by atoms with van der Waals surface area (Å²) in [5.74, 6) is 0.516. The molecule has 8 nitrogen and oxygen atoms in total. The van der Waals surface area contributed by atoms with Gasteiger partial charge in [0.2, 0.25) is 6.33 Å². The Kier molecular flexibility index (Phi) is 19.8. The lowest BCUT2D eigenvalue weighted by Crippen LogP contribution is -2.35. The van der Waals surface area contributed by atoms with Crippen molar-refractivity contribution in [1.29, 1.82) is 0 Å². The van der Waals surface area contributed by atoms with Crippen LogP contribution in [-0.4, -0.2) is 48.8 Å². The second kappa shape index (κ2) is 27.1. The van der Waals surface area contributed by atoms with Crippen molar-refractivity contribution in [1.82, 2.24) is 4.57 Å². The van der Waals surface area contributed by atoms with E-state index in [0.717, 1.165) is 99.7 Å². The van der Waals surface area contributed by atoms with Crippen LogP contribution in [0.25, 0.3) is 22.3 Å². The summed E-state index contributed by atoms with van der Waals surface area (Å²) in [4.78, 5) is 28.7. The number of unbranched alkanes of at least 4 members (excludes halogenated alkanes) is 2.